The number of nitrogens with one attached hydrogen (secondary N) is 1. The summed E-state index contributed by atoms with van der Waals surface area (Å²) in [6, 6.07) is 10.0. The van der Waals surface area contributed by atoms with Crippen LogP contribution in [0, 0.1) is 12.8 Å². The Labute approximate surface area is 196 Å². The zero-order chi connectivity index (χ0) is 24.0. The van der Waals surface area contributed by atoms with Gasteiger partial charge in [-0.25, -0.2) is 8.42 Å². The molecular formula is C24H35N5O3S. The highest BCUT2D eigenvalue weighted by Crippen LogP contribution is 2.25. The molecule has 2 aromatic carbocycles. The first-order valence-corrected chi connectivity index (χ1v) is 13.1. The van der Waals surface area contributed by atoms with Gasteiger partial charge in [0.05, 0.1) is 4.90 Å². The third-order valence-corrected chi connectivity index (χ3v) is 7.86. The van der Waals surface area contributed by atoms with Crippen LogP contribution >= 0.6 is 0 Å². The number of hydrogen-bond donors (Lipinski definition) is 3. The van der Waals surface area contributed by atoms with Gasteiger partial charge in [0.15, 0.2) is 5.96 Å². The Kier molecular flexibility index (Phi) is 8.31. The van der Waals surface area contributed by atoms with E-state index in [4.69, 9.17) is 11.5 Å². The highest BCUT2D eigenvalue weighted by atomic mass is 32.2. The molecule has 0 aromatic heterocycles. The van der Waals surface area contributed by atoms with Crippen molar-refractivity contribution in [3.63, 3.8) is 0 Å². The van der Waals surface area contributed by atoms with E-state index in [2.05, 4.69) is 16.6 Å². The zero-order valence-electron chi connectivity index (χ0n) is 19.5. The molecule has 1 aliphatic rings. The van der Waals surface area contributed by atoms with Crippen molar-refractivity contribution in [1.82, 2.24) is 9.62 Å². The quantitative estimate of drug-likeness (QED) is 0.293. The minimum atomic E-state index is -3.94. The highest BCUT2D eigenvalue weighted by molar-refractivity contribution is 7.89. The number of benzene rings is 2. The fourth-order valence-electron chi connectivity index (χ4n) is 4.36. The molecule has 8 nitrogen and oxygen atoms in total. The van der Waals surface area contributed by atoms with Gasteiger partial charge in [-0.1, -0.05) is 49.2 Å². The molecule has 0 bridgehead atoms. The number of rotatable bonds is 9. The van der Waals surface area contributed by atoms with E-state index in [9.17, 15) is 13.2 Å². The van der Waals surface area contributed by atoms with E-state index in [0.717, 1.165) is 30.2 Å². The van der Waals surface area contributed by atoms with Gasteiger partial charge in [0.25, 0.3) is 0 Å². The monoisotopic (exact) mass is 473 g/mol. The fourth-order valence-corrected chi connectivity index (χ4v) is 5.81. The second kappa shape index (κ2) is 11.0. The molecule has 1 amide bonds. The molecule has 5 N–H and O–H groups in total. The van der Waals surface area contributed by atoms with Crippen molar-refractivity contribution in [3.05, 3.63) is 42.0 Å². The maximum Gasteiger partial charge on any atom is 0.241 e. The molecule has 0 aliphatic carbocycles. The summed E-state index contributed by atoms with van der Waals surface area (Å²) in [4.78, 5) is 19.3. The molecule has 33 heavy (non-hydrogen) atoms. The number of likely N-dealkylation sites (tertiary alicyclic amines) is 1. The van der Waals surface area contributed by atoms with Gasteiger partial charge in [0.1, 0.15) is 6.04 Å². The Bertz CT molecular complexity index is 1100. The number of sulfonamides is 1. The SMILES string of the molecule is CCC1CCN(C(=O)C(CCCN=C(N)N)NS(=O)(=O)c2cccc3ccc(C)cc23)CC1. The number of guanidine groups is 1. The molecule has 3 rings (SSSR count). The molecule has 1 atom stereocenters. The minimum Gasteiger partial charge on any atom is -0.370 e. The molecular weight excluding hydrogens is 438 g/mol. The first-order valence-electron chi connectivity index (χ1n) is 11.6. The molecule has 1 aliphatic heterocycles. The summed E-state index contributed by atoms with van der Waals surface area (Å²) in [6.07, 6.45) is 3.77. The van der Waals surface area contributed by atoms with Gasteiger partial charge < -0.3 is 16.4 Å². The number of nitrogens with two attached hydrogens (primary N) is 2. The Morgan fingerprint density at radius 1 is 1.21 bits per heavy atom. The number of piperidine rings is 1. The van der Waals surface area contributed by atoms with Crippen LogP contribution in [0.1, 0.15) is 44.6 Å². The first-order chi connectivity index (χ1) is 15.7. The summed E-state index contributed by atoms with van der Waals surface area (Å²) in [7, 11) is -3.94. The average molecular weight is 474 g/mol. The molecule has 2 aromatic rings. The first kappa shape index (κ1) is 25.0. The summed E-state index contributed by atoms with van der Waals surface area (Å²) in [5.41, 5.74) is 11.8. The van der Waals surface area contributed by atoms with Crippen molar-refractivity contribution < 1.29 is 13.2 Å². The van der Waals surface area contributed by atoms with Crippen LogP contribution in [-0.2, 0) is 14.8 Å². The Morgan fingerprint density at radius 2 is 1.94 bits per heavy atom. The Morgan fingerprint density at radius 3 is 2.61 bits per heavy atom. The van der Waals surface area contributed by atoms with E-state index in [0.29, 0.717) is 43.8 Å². The number of aryl methyl sites for hydroxylation is 1. The van der Waals surface area contributed by atoms with E-state index in [1.807, 2.05) is 31.2 Å². The van der Waals surface area contributed by atoms with Gasteiger partial charge in [-0.3, -0.25) is 9.79 Å². The van der Waals surface area contributed by atoms with Gasteiger partial charge in [-0.15, -0.1) is 0 Å². The smallest absolute Gasteiger partial charge is 0.241 e. The normalized spacial score (nSPS) is 16.0. The van der Waals surface area contributed by atoms with Crippen molar-refractivity contribution in [1.29, 1.82) is 0 Å². The summed E-state index contributed by atoms with van der Waals surface area (Å²) in [5.74, 6) is 0.408. The van der Waals surface area contributed by atoms with Crippen LogP contribution in [0.3, 0.4) is 0 Å². The van der Waals surface area contributed by atoms with E-state index in [-0.39, 0.29) is 16.8 Å². The fraction of sp³-hybridized carbons (Fsp3) is 0.500. The molecule has 180 valence electrons. The Balaban J connectivity index is 1.85. The third-order valence-electron chi connectivity index (χ3n) is 6.33. The van der Waals surface area contributed by atoms with Crippen LogP contribution in [-0.4, -0.2) is 50.9 Å². The van der Waals surface area contributed by atoms with Crippen molar-refractivity contribution in [3.8, 4) is 0 Å². The van der Waals surface area contributed by atoms with Crippen molar-refractivity contribution in [2.75, 3.05) is 19.6 Å². The lowest BCUT2D eigenvalue weighted by molar-refractivity contribution is -0.134. The van der Waals surface area contributed by atoms with Gasteiger partial charge >= 0.3 is 0 Å². The standard InChI is InChI=1S/C24H35N5O3S/c1-3-18-11-14-29(15-12-18)23(30)21(7-5-13-27-24(25)26)28-33(31,32)22-8-4-6-19-10-9-17(2)16-20(19)22/h4,6,8-10,16,18,21,28H,3,5,7,11-15H2,1-2H3,(H4,25,26,27). The van der Waals surface area contributed by atoms with Crippen molar-refractivity contribution >= 4 is 32.7 Å². The lowest BCUT2D eigenvalue weighted by Gasteiger charge is -2.34. The van der Waals surface area contributed by atoms with Crippen LogP contribution < -0.4 is 16.2 Å². The van der Waals surface area contributed by atoms with Crippen LogP contribution in [0.15, 0.2) is 46.3 Å². The van der Waals surface area contributed by atoms with Crippen LogP contribution in [0.2, 0.25) is 0 Å². The molecule has 0 spiro atoms. The van der Waals surface area contributed by atoms with Crippen LogP contribution in [0.25, 0.3) is 10.8 Å². The van der Waals surface area contributed by atoms with E-state index < -0.39 is 16.1 Å². The lowest BCUT2D eigenvalue weighted by atomic mass is 9.94. The second-order valence-electron chi connectivity index (χ2n) is 8.78. The second-order valence-corrected chi connectivity index (χ2v) is 10.5. The molecule has 0 radical (unpaired) electrons. The van der Waals surface area contributed by atoms with Gasteiger partial charge in [0, 0.05) is 25.0 Å². The topological polar surface area (TPSA) is 131 Å². The molecule has 1 saturated heterocycles. The molecule has 1 heterocycles. The van der Waals surface area contributed by atoms with Crippen LogP contribution in [0.5, 0.6) is 0 Å². The summed E-state index contributed by atoms with van der Waals surface area (Å²) in [5, 5.41) is 1.47. The largest absolute Gasteiger partial charge is 0.370 e. The highest BCUT2D eigenvalue weighted by Gasteiger charge is 2.31. The number of carbonyl (C=O) groups excluding carboxylic acids is 1. The lowest BCUT2D eigenvalue weighted by Crippen LogP contribution is -2.50. The van der Waals surface area contributed by atoms with Crippen LogP contribution in [0.4, 0.5) is 0 Å². The number of fused-ring (bicyclic) bond motifs is 1. The van der Waals surface area contributed by atoms with E-state index >= 15 is 0 Å². The van der Waals surface area contributed by atoms with E-state index in [1.165, 1.54) is 0 Å². The van der Waals surface area contributed by atoms with E-state index in [1.54, 1.807) is 17.0 Å². The predicted octanol–water partition coefficient (Wildman–Crippen LogP) is 2.50. The Hall–Kier alpha value is -2.65. The predicted molar refractivity (Wildman–Crippen MR) is 132 cm³/mol. The number of nitrogens with zero attached hydrogens (tertiary/aromatic N) is 2. The zero-order valence-corrected chi connectivity index (χ0v) is 20.3. The van der Waals surface area contributed by atoms with Gasteiger partial charge in [-0.2, -0.15) is 4.72 Å². The number of carbonyl (C=O) groups is 1. The van der Waals surface area contributed by atoms with Gasteiger partial charge in [-0.05, 0) is 50.0 Å². The summed E-state index contributed by atoms with van der Waals surface area (Å²) < 4.78 is 29.6. The third kappa shape index (κ3) is 6.45. The van der Waals surface area contributed by atoms with Crippen molar-refractivity contribution in [2.45, 2.75) is 56.9 Å². The molecule has 9 heteroatoms. The summed E-state index contributed by atoms with van der Waals surface area (Å²) in [6.45, 7) is 5.72. The number of hydrogen-bond acceptors (Lipinski definition) is 4. The summed E-state index contributed by atoms with van der Waals surface area (Å²) >= 11 is 0. The molecule has 0 saturated carbocycles. The maximum atomic E-state index is 13.4. The maximum absolute atomic E-state index is 13.4. The average Bonchev–Trinajstić information content (AvgIpc) is 2.80. The molecule has 1 unspecified atom stereocenters. The number of amides is 1. The number of aliphatic imine (C=N–C) groups is 1. The molecule has 1 fully saturated rings. The van der Waals surface area contributed by atoms with Gasteiger partial charge in [0.2, 0.25) is 15.9 Å². The van der Waals surface area contributed by atoms with Crippen molar-refractivity contribution in [2.24, 2.45) is 22.4 Å². The minimum absolute atomic E-state index is 0.0220.